The third-order valence-electron chi connectivity index (χ3n) is 12.7. The molecule has 278 valence electrons. The second-order valence-electron chi connectivity index (χ2n) is 15.8. The van der Waals surface area contributed by atoms with Crippen LogP contribution in [-0.2, 0) is 5.41 Å². The highest BCUT2D eigenvalue weighted by molar-refractivity contribution is 8.00. The fourth-order valence-corrected chi connectivity index (χ4v) is 11.6. The van der Waals surface area contributed by atoms with Crippen molar-refractivity contribution in [1.29, 1.82) is 0 Å². The second-order valence-corrected chi connectivity index (χ2v) is 16.8. The molecule has 60 heavy (non-hydrogen) atoms. The maximum atomic E-state index is 5.56. The average Bonchev–Trinajstić information content (AvgIpc) is 3.61. The Bertz CT molecular complexity index is 3530. The van der Waals surface area contributed by atoms with E-state index in [0.29, 0.717) is 0 Å². The van der Waals surface area contributed by atoms with Crippen molar-refractivity contribution in [3.63, 3.8) is 0 Å². The number of fused-ring (bicyclic) bond motifs is 16. The Morgan fingerprint density at radius 3 is 1.63 bits per heavy atom. The molecule has 0 fully saturated rings. The number of benzene rings is 8. The molecule has 1 aliphatic heterocycles. The van der Waals surface area contributed by atoms with Crippen LogP contribution in [0, 0.1) is 0 Å². The zero-order valence-corrected chi connectivity index (χ0v) is 33.1. The van der Waals surface area contributed by atoms with Gasteiger partial charge in [-0.15, -0.1) is 0 Å². The van der Waals surface area contributed by atoms with Gasteiger partial charge in [-0.3, -0.25) is 0 Å². The van der Waals surface area contributed by atoms with Crippen LogP contribution < -0.4 is 0 Å². The monoisotopic (exact) mass is 779 g/mol. The maximum absolute atomic E-state index is 5.56. The molecule has 3 aromatic heterocycles. The molecule has 1 spiro atoms. The van der Waals surface area contributed by atoms with Gasteiger partial charge in [0.05, 0.1) is 39.0 Å². The summed E-state index contributed by atoms with van der Waals surface area (Å²) >= 11 is 1.89. The standard InChI is InChI=1S/C56H33N3S/c1-3-14-34(15-4-1)47-32-28-36-26-27-37-29-33-49(59-53(37)52(36)57-47)41-21-13-24-45-54(41)60-55-46(56(45)43-22-10-7-18-38(43)39-19-8-11-23-44(39)56)31-30-42-50(55)40-20-9-12-25-48(40)58-51(42)35-16-5-2-6-17-35/h1-33H. The van der Waals surface area contributed by atoms with Gasteiger partial charge in [0.1, 0.15) is 0 Å². The normalized spacial score (nSPS) is 13.4. The fourth-order valence-electron chi connectivity index (χ4n) is 10.1. The molecule has 0 N–H and O–H groups in total. The summed E-state index contributed by atoms with van der Waals surface area (Å²) in [6, 6.07) is 72.4. The minimum absolute atomic E-state index is 0.569. The van der Waals surface area contributed by atoms with Gasteiger partial charge in [0.25, 0.3) is 0 Å². The van der Waals surface area contributed by atoms with Crippen LogP contribution in [0.2, 0.25) is 0 Å². The van der Waals surface area contributed by atoms with Crippen molar-refractivity contribution in [3.8, 4) is 44.9 Å². The minimum Gasteiger partial charge on any atom is -0.247 e. The molecule has 0 unspecified atom stereocenters. The Hall–Kier alpha value is -7.40. The first-order valence-corrected chi connectivity index (χ1v) is 21.3. The van der Waals surface area contributed by atoms with Gasteiger partial charge in [-0.2, -0.15) is 0 Å². The van der Waals surface area contributed by atoms with E-state index >= 15 is 0 Å². The topological polar surface area (TPSA) is 38.7 Å². The highest BCUT2D eigenvalue weighted by Gasteiger charge is 2.51. The first-order valence-electron chi connectivity index (χ1n) is 20.4. The highest BCUT2D eigenvalue weighted by Crippen LogP contribution is 2.64. The molecule has 8 aromatic carbocycles. The summed E-state index contributed by atoms with van der Waals surface area (Å²) in [7, 11) is 0. The molecule has 2 aliphatic rings. The average molecular weight is 780 g/mol. The molecule has 0 bridgehead atoms. The van der Waals surface area contributed by atoms with Crippen LogP contribution in [0.25, 0.3) is 88.4 Å². The summed E-state index contributed by atoms with van der Waals surface area (Å²) in [5.74, 6) is 0. The fraction of sp³-hybridized carbons (Fsp3) is 0.0179. The first-order chi connectivity index (χ1) is 29.8. The summed E-state index contributed by atoms with van der Waals surface area (Å²) in [6.45, 7) is 0. The van der Waals surface area contributed by atoms with Crippen molar-refractivity contribution < 1.29 is 0 Å². The lowest BCUT2D eigenvalue weighted by atomic mass is 9.66. The number of rotatable bonds is 3. The maximum Gasteiger partial charge on any atom is 0.0972 e. The molecule has 0 atom stereocenters. The Morgan fingerprint density at radius 1 is 0.350 bits per heavy atom. The van der Waals surface area contributed by atoms with Gasteiger partial charge in [0, 0.05) is 53.4 Å². The van der Waals surface area contributed by atoms with Crippen LogP contribution in [0.1, 0.15) is 22.3 Å². The number of pyridine rings is 3. The van der Waals surface area contributed by atoms with Crippen molar-refractivity contribution in [2.45, 2.75) is 15.2 Å². The number of nitrogens with zero attached hydrogens (tertiary/aromatic N) is 3. The van der Waals surface area contributed by atoms with Crippen LogP contribution in [0.15, 0.2) is 210 Å². The SMILES string of the molecule is c1ccc(-c2ccc3ccc4ccc(-c5cccc6c5Sc5c(ccc7c(-c8ccccc8)nc8ccccc8c57)C65c6ccccc6-c6ccccc65)nc4c3n2)cc1. The van der Waals surface area contributed by atoms with Crippen LogP contribution in [0.5, 0.6) is 0 Å². The molecule has 4 heteroatoms. The zero-order chi connectivity index (χ0) is 39.4. The molecular formula is C56H33N3S. The number of para-hydroxylation sites is 1. The van der Waals surface area contributed by atoms with Crippen molar-refractivity contribution in [3.05, 3.63) is 222 Å². The van der Waals surface area contributed by atoms with Crippen LogP contribution >= 0.6 is 11.8 Å². The quantitative estimate of drug-likeness (QED) is 0.167. The van der Waals surface area contributed by atoms with E-state index in [1.807, 2.05) is 17.8 Å². The van der Waals surface area contributed by atoms with Crippen LogP contribution in [0.3, 0.4) is 0 Å². The largest absolute Gasteiger partial charge is 0.247 e. The van der Waals surface area contributed by atoms with Gasteiger partial charge < -0.3 is 0 Å². The Morgan fingerprint density at radius 2 is 0.900 bits per heavy atom. The lowest BCUT2D eigenvalue weighted by Crippen LogP contribution is -2.32. The zero-order valence-electron chi connectivity index (χ0n) is 32.3. The van der Waals surface area contributed by atoms with Gasteiger partial charge in [-0.05, 0) is 51.6 Å². The first kappa shape index (κ1) is 33.6. The smallest absolute Gasteiger partial charge is 0.0972 e. The van der Waals surface area contributed by atoms with E-state index in [1.165, 1.54) is 48.6 Å². The third kappa shape index (κ3) is 4.65. The van der Waals surface area contributed by atoms with E-state index < -0.39 is 5.41 Å². The van der Waals surface area contributed by atoms with E-state index in [4.69, 9.17) is 15.0 Å². The molecule has 3 nitrogen and oxygen atoms in total. The number of aromatic nitrogens is 3. The molecule has 0 saturated heterocycles. The van der Waals surface area contributed by atoms with E-state index in [-0.39, 0.29) is 0 Å². The van der Waals surface area contributed by atoms with Crippen molar-refractivity contribution in [2.24, 2.45) is 0 Å². The molecule has 13 rings (SSSR count). The summed E-state index contributed by atoms with van der Waals surface area (Å²) < 4.78 is 0. The Kier molecular flexibility index (Phi) is 7.16. The summed E-state index contributed by atoms with van der Waals surface area (Å²) in [5.41, 5.74) is 16.2. The minimum atomic E-state index is -0.569. The molecule has 0 saturated carbocycles. The van der Waals surface area contributed by atoms with Crippen LogP contribution in [0.4, 0.5) is 0 Å². The molecule has 0 amide bonds. The summed E-state index contributed by atoms with van der Waals surface area (Å²) in [4.78, 5) is 18.6. The van der Waals surface area contributed by atoms with Gasteiger partial charge >= 0.3 is 0 Å². The summed E-state index contributed by atoms with van der Waals surface area (Å²) in [5, 5.41) is 5.68. The van der Waals surface area contributed by atoms with E-state index in [1.54, 1.807) is 0 Å². The van der Waals surface area contributed by atoms with Gasteiger partial charge in [-0.25, -0.2) is 15.0 Å². The second kappa shape index (κ2) is 12.8. The molecule has 1 aliphatic carbocycles. The predicted molar refractivity (Wildman–Crippen MR) is 248 cm³/mol. The molecule has 4 heterocycles. The molecule has 0 radical (unpaired) electrons. The van der Waals surface area contributed by atoms with Crippen molar-refractivity contribution >= 4 is 55.2 Å². The van der Waals surface area contributed by atoms with Crippen molar-refractivity contribution in [2.75, 3.05) is 0 Å². The van der Waals surface area contributed by atoms with Gasteiger partial charge in [-0.1, -0.05) is 194 Å². The van der Waals surface area contributed by atoms with E-state index in [2.05, 4.69) is 194 Å². The van der Waals surface area contributed by atoms with Crippen LogP contribution in [-0.4, -0.2) is 15.0 Å². The Balaban J connectivity index is 1.14. The number of hydrogen-bond acceptors (Lipinski definition) is 4. The van der Waals surface area contributed by atoms with E-state index in [0.717, 1.165) is 71.9 Å². The third-order valence-corrected chi connectivity index (χ3v) is 14.0. The lowest BCUT2D eigenvalue weighted by Gasteiger charge is -2.41. The lowest BCUT2D eigenvalue weighted by molar-refractivity contribution is 0.726. The predicted octanol–water partition coefficient (Wildman–Crippen LogP) is 14.3. The highest BCUT2D eigenvalue weighted by atomic mass is 32.2. The molecule has 11 aromatic rings. The van der Waals surface area contributed by atoms with Gasteiger partial charge in [0.2, 0.25) is 0 Å². The number of hydrogen-bond donors (Lipinski definition) is 0. The van der Waals surface area contributed by atoms with Gasteiger partial charge in [0.15, 0.2) is 0 Å². The summed E-state index contributed by atoms with van der Waals surface area (Å²) in [6.07, 6.45) is 0. The van der Waals surface area contributed by atoms with Crippen molar-refractivity contribution in [1.82, 2.24) is 15.0 Å². The molecular weight excluding hydrogens is 747 g/mol. The van der Waals surface area contributed by atoms with E-state index in [9.17, 15) is 0 Å². The Labute approximate surface area is 351 Å².